The van der Waals surface area contributed by atoms with Gasteiger partial charge in [-0.3, -0.25) is 14.7 Å². The number of piperazine rings is 1. The van der Waals surface area contributed by atoms with E-state index in [1.54, 1.807) is 12.4 Å². The highest BCUT2D eigenvalue weighted by Gasteiger charge is 2.34. The molecule has 20 heavy (non-hydrogen) atoms. The largest absolute Gasteiger partial charge is 0.354 e. The molecule has 0 spiro atoms. The first kappa shape index (κ1) is 14.9. The van der Waals surface area contributed by atoms with Crippen molar-refractivity contribution in [2.45, 2.75) is 25.8 Å². The second kappa shape index (κ2) is 6.81. The molecule has 0 aliphatic carbocycles. The van der Waals surface area contributed by atoms with Crippen LogP contribution in [0.25, 0.3) is 0 Å². The van der Waals surface area contributed by atoms with Crippen LogP contribution in [0.5, 0.6) is 0 Å². The monoisotopic (exact) mass is 276 g/mol. The summed E-state index contributed by atoms with van der Waals surface area (Å²) in [5.41, 5.74) is 0.751. The molecule has 0 unspecified atom stereocenters. The lowest BCUT2D eigenvalue weighted by Gasteiger charge is -2.39. The van der Waals surface area contributed by atoms with Crippen molar-refractivity contribution < 1.29 is 4.79 Å². The first-order chi connectivity index (χ1) is 9.60. The fraction of sp³-hybridized carbons (Fsp3) is 0.600. The van der Waals surface area contributed by atoms with E-state index in [4.69, 9.17) is 0 Å². The maximum atomic E-state index is 12.4. The van der Waals surface area contributed by atoms with Gasteiger partial charge in [-0.25, -0.2) is 0 Å². The van der Waals surface area contributed by atoms with Crippen LogP contribution in [0, 0.1) is 0 Å². The summed E-state index contributed by atoms with van der Waals surface area (Å²) in [6.07, 6.45) is 4.40. The van der Waals surface area contributed by atoms with Gasteiger partial charge in [-0.05, 0) is 38.0 Å². The van der Waals surface area contributed by atoms with E-state index in [2.05, 4.69) is 20.5 Å². The van der Waals surface area contributed by atoms with E-state index in [1.807, 2.05) is 26.0 Å². The number of aromatic nitrogens is 1. The molecule has 1 amide bonds. The fourth-order valence-corrected chi connectivity index (χ4v) is 2.45. The summed E-state index contributed by atoms with van der Waals surface area (Å²) in [7, 11) is 0. The third-order valence-electron chi connectivity index (χ3n) is 3.91. The second-order valence-electron chi connectivity index (χ2n) is 5.66. The molecule has 0 saturated carbocycles. The van der Waals surface area contributed by atoms with E-state index in [0.29, 0.717) is 6.54 Å². The molecule has 1 aromatic heterocycles. The smallest absolute Gasteiger partial charge is 0.239 e. The molecule has 2 rings (SSSR count). The molecular weight excluding hydrogens is 252 g/mol. The zero-order valence-electron chi connectivity index (χ0n) is 12.4. The zero-order chi connectivity index (χ0) is 14.4. The highest BCUT2D eigenvalue weighted by atomic mass is 16.2. The predicted molar refractivity (Wildman–Crippen MR) is 79.5 cm³/mol. The van der Waals surface area contributed by atoms with Crippen molar-refractivity contribution in [1.82, 2.24) is 20.5 Å². The molecule has 1 aliphatic rings. The van der Waals surface area contributed by atoms with Crippen LogP contribution in [0.2, 0.25) is 0 Å². The maximum Gasteiger partial charge on any atom is 0.239 e. The number of nitrogens with zero attached hydrogens (tertiary/aromatic N) is 2. The molecule has 0 bridgehead atoms. The summed E-state index contributed by atoms with van der Waals surface area (Å²) in [6, 6.07) is 3.96. The van der Waals surface area contributed by atoms with Gasteiger partial charge in [0, 0.05) is 45.1 Å². The average molecular weight is 276 g/mol. The van der Waals surface area contributed by atoms with Gasteiger partial charge in [0.1, 0.15) is 0 Å². The van der Waals surface area contributed by atoms with Gasteiger partial charge in [-0.1, -0.05) is 0 Å². The molecule has 2 N–H and O–H groups in total. The van der Waals surface area contributed by atoms with Crippen LogP contribution >= 0.6 is 0 Å². The third kappa shape index (κ3) is 3.77. The lowest BCUT2D eigenvalue weighted by atomic mass is 10.0. The number of carbonyl (C=O) groups is 1. The van der Waals surface area contributed by atoms with Crippen molar-refractivity contribution in [1.29, 1.82) is 0 Å². The van der Waals surface area contributed by atoms with Gasteiger partial charge < -0.3 is 10.6 Å². The number of rotatable bonds is 5. The standard InChI is InChI=1S/C15H24N4O/c1-15(2,19-11-9-17-10-12-19)14(20)18-8-5-13-3-6-16-7-4-13/h3-4,6-7,17H,5,8-12H2,1-2H3,(H,18,20). The fourth-order valence-electron chi connectivity index (χ4n) is 2.45. The minimum atomic E-state index is -0.444. The van der Waals surface area contributed by atoms with Gasteiger partial charge >= 0.3 is 0 Å². The first-order valence-electron chi connectivity index (χ1n) is 7.23. The van der Waals surface area contributed by atoms with Crippen LogP contribution in [0.3, 0.4) is 0 Å². The van der Waals surface area contributed by atoms with Gasteiger partial charge in [0.25, 0.3) is 0 Å². The summed E-state index contributed by atoms with van der Waals surface area (Å²) < 4.78 is 0. The normalized spacial score (nSPS) is 16.9. The number of nitrogens with one attached hydrogen (secondary N) is 2. The molecule has 5 heteroatoms. The SMILES string of the molecule is CC(C)(C(=O)NCCc1ccncc1)N1CCNCC1. The molecule has 0 aromatic carbocycles. The topological polar surface area (TPSA) is 57.3 Å². The lowest BCUT2D eigenvalue weighted by Crippen LogP contribution is -2.60. The predicted octanol–water partition coefficient (Wildman–Crippen LogP) is 0.424. The molecule has 0 radical (unpaired) electrons. The average Bonchev–Trinajstić information content (AvgIpc) is 2.49. The highest BCUT2D eigenvalue weighted by Crippen LogP contribution is 2.15. The van der Waals surface area contributed by atoms with Gasteiger partial charge in [-0.2, -0.15) is 0 Å². The van der Waals surface area contributed by atoms with Crippen molar-refractivity contribution in [3.63, 3.8) is 0 Å². The van der Waals surface area contributed by atoms with E-state index in [1.165, 1.54) is 5.56 Å². The van der Waals surface area contributed by atoms with E-state index in [0.717, 1.165) is 32.6 Å². The molecule has 1 aliphatic heterocycles. The van der Waals surface area contributed by atoms with Crippen LogP contribution in [-0.2, 0) is 11.2 Å². The highest BCUT2D eigenvalue weighted by molar-refractivity contribution is 5.85. The van der Waals surface area contributed by atoms with Crippen molar-refractivity contribution in [2.24, 2.45) is 0 Å². The molecular formula is C15H24N4O. The molecule has 110 valence electrons. The van der Waals surface area contributed by atoms with Crippen LogP contribution in [-0.4, -0.2) is 54.1 Å². The van der Waals surface area contributed by atoms with E-state index < -0.39 is 5.54 Å². The van der Waals surface area contributed by atoms with Gasteiger partial charge in [-0.15, -0.1) is 0 Å². The van der Waals surface area contributed by atoms with Gasteiger partial charge in [0.2, 0.25) is 5.91 Å². The minimum absolute atomic E-state index is 0.105. The Balaban J connectivity index is 1.81. The molecule has 0 atom stereocenters. The Hall–Kier alpha value is -1.46. The van der Waals surface area contributed by atoms with Crippen LogP contribution in [0.1, 0.15) is 19.4 Å². The molecule has 2 heterocycles. The van der Waals surface area contributed by atoms with Crippen molar-refractivity contribution >= 4 is 5.91 Å². The number of amides is 1. The second-order valence-corrected chi connectivity index (χ2v) is 5.66. The minimum Gasteiger partial charge on any atom is -0.354 e. The Morgan fingerprint density at radius 1 is 1.35 bits per heavy atom. The van der Waals surface area contributed by atoms with Crippen LogP contribution < -0.4 is 10.6 Å². The quantitative estimate of drug-likeness (QED) is 0.818. The Labute approximate surface area is 120 Å². The Morgan fingerprint density at radius 2 is 2.00 bits per heavy atom. The van der Waals surface area contributed by atoms with Crippen molar-refractivity contribution in [2.75, 3.05) is 32.7 Å². The summed E-state index contributed by atoms with van der Waals surface area (Å²) in [5.74, 6) is 0.105. The number of pyridine rings is 1. The first-order valence-corrected chi connectivity index (χ1v) is 7.23. The molecule has 1 fully saturated rings. The molecule has 1 saturated heterocycles. The lowest BCUT2D eigenvalue weighted by molar-refractivity contribution is -0.132. The molecule has 5 nitrogen and oxygen atoms in total. The summed E-state index contributed by atoms with van der Waals surface area (Å²) in [4.78, 5) is 18.6. The van der Waals surface area contributed by atoms with Gasteiger partial charge in [0.05, 0.1) is 5.54 Å². The van der Waals surface area contributed by atoms with Crippen molar-refractivity contribution in [3.8, 4) is 0 Å². The Kier molecular flexibility index (Phi) is 5.09. The van der Waals surface area contributed by atoms with Crippen molar-refractivity contribution in [3.05, 3.63) is 30.1 Å². The number of hydrogen-bond acceptors (Lipinski definition) is 4. The number of hydrogen-bond donors (Lipinski definition) is 2. The number of carbonyl (C=O) groups excluding carboxylic acids is 1. The summed E-state index contributed by atoms with van der Waals surface area (Å²) in [5, 5.41) is 6.36. The maximum absolute atomic E-state index is 12.4. The zero-order valence-corrected chi connectivity index (χ0v) is 12.4. The third-order valence-corrected chi connectivity index (χ3v) is 3.91. The Morgan fingerprint density at radius 3 is 2.65 bits per heavy atom. The van der Waals surface area contributed by atoms with E-state index >= 15 is 0 Å². The summed E-state index contributed by atoms with van der Waals surface area (Å²) in [6.45, 7) is 8.41. The molecule has 1 aromatic rings. The van der Waals surface area contributed by atoms with Gasteiger partial charge in [0.15, 0.2) is 0 Å². The van der Waals surface area contributed by atoms with E-state index in [-0.39, 0.29) is 5.91 Å². The van der Waals surface area contributed by atoms with Crippen LogP contribution in [0.4, 0.5) is 0 Å². The Bertz CT molecular complexity index is 427. The van der Waals surface area contributed by atoms with E-state index in [9.17, 15) is 4.79 Å². The van der Waals surface area contributed by atoms with Crippen LogP contribution in [0.15, 0.2) is 24.5 Å². The summed E-state index contributed by atoms with van der Waals surface area (Å²) >= 11 is 0.